The molecule has 0 aliphatic heterocycles. The van der Waals surface area contributed by atoms with Gasteiger partial charge in [-0.1, -0.05) is 59.8 Å². The van der Waals surface area contributed by atoms with Gasteiger partial charge in [0.05, 0.1) is 10.6 Å². The lowest BCUT2D eigenvalue weighted by atomic mass is 10.0. The smallest absolute Gasteiger partial charge is 0.196 e. The van der Waals surface area contributed by atoms with Crippen molar-refractivity contribution >= 4 is 27.4 Å². The Hall–Kier alpha value is -3.23. The Morgan fingerprint density at radius 3 is 2.26 bits per heavy atom. The topological polar surface area (TPSA) is 81.9 Å². The van der Waals surface area contributed by atoms with Gasteiger partial charge in [-0.05, 0) is 62.2 Å². The second kappa shape index (κ2) is 9.95. The molecule has 34 heavy (non-hydrogen) atoms. The first-order valence-electron chi connectivity index (χ1n) is 10.8. The third-order valence-electron chi connectivity index (χ3n) is 5.58. The molecule has 0 aliphatic carbocycles. The number of hydrogen-bond donors (Lipinski definition) is 0. The van der Waals surface area contributed by atoms with Crippen molar-refractivity contribution in [3.63, 3.8) is 0 Å². The summed E-state index contributed by atoms with van der Waals surface area (Å²) in [6.45, 7) is 5.89. The third-order valence-corrected chi connectivity index (χ3v) is 8.13. The molecule has 0 unspecified atom stereocenters. The van der Waals surface area contributed by atoms with Crippen molar-refractivity contribution in [2.24, 2.45) is 0 Å². The average Bonchev–Trinajstić information content (AvgIpc) is 3.21. The van der Waals surface area contributed by atoms with Crippen molar-refractivity contribution in [2.45, 2.75) is 36.6 Å². The molecular weight excluding hydrogens is 466 g/mol. The van der Waals surface area contributed by atoms with E-state index in [1.807, 2.05) is 69.3 Å². The summed E-state index contributed by atoms with van der Waals surface area (Å²) >= 11 is 1.24. The summed E-state index contributed by atoms with van der Waals surface area (Å²) in [6.07, 6.45) is 0. The average molecular weight is 492 g/mol. The van der Waals surface area contributed by atoms with Crippen LogP contribution in [0.1, 0.15) is 32.9 Å². The molecule has 0 atom stereocenters. The molecule has 0 bridgehead atoms. The van der Waals surface area contributed by atoms with Gasteiger partial charge in [-0.3, -0.25) is 9.36 Å². The molecule has 0 fully saturated rings. The van der Waals surface area contributed by atoms with E-state index in [-0.39, 0.29) is 22.2 Å². The number of hydrogen-bond acceptors (Lipinski definition) is 6. The van der Waals surface area contributed by atoms with Gasteiger partial charge in [0.25, 0.3) is 0 Å². The summed E-state index contributed by atoms with van der Waals surface area (Å²) in [7, 11) is -3.63. The normalized spacial score (nSPS) is 11.5. The van der Waals surface area contributed by atoms with Crippen LogP contribution in [0.5, 0.6) is 0 Å². The number of ketones is 1. The molecular formula is C26H25N3O3S2. The van der Waals surface area contributed by atoms with E-state index in [4.69, 9.17) is 0 Å². The lowest BCUT2D eigenvalue weighted by molar-refractivity contribution is 0.102. The number of carbonyl (C=O) groups excluding carboxylic acids is 1. The molecule has 1 heterocycles. The van der Waals surface area contributed by atoms with Crippen molar-refractivity contribution < 1.29 is 13.2 Å². The number of rotatable bonds is 8. The zero-order chi connectivity index (χ0) is 24.3. The van der Waals surface area contributed by atoms with Crippen LogP contribution in [0, 0.1) is 20.8 Å². The number of aromatic nitrogens is 3. The highest BCUT2D eigenvalue weighted by Crippen LogP contribution is 2.26. The summed E-state index contributed by atoms with van der Waals surface area (Å²) in [6, 6.07) is 21.7. The number of nitrogens with zero attached hydrogens (tertiary/aromatic N) is 3. The summed E-state index contributed by atoms with van der Waals surface area (Å²) in [4.78, 5) is 13.0. The zero-order valence-electron chi connectivity index (χ0n) is 19.2. The van der Waals surface area contributed by atoms with Gasteiger partial charge in [0.15, 0.2) is 26.6 Å². The molecule has 0 spiro atoms. The maximum absolute atomic E-state index is 13.1. The largest absolute Gasteiger partial charge is 0.293 e. The summed E-state index contributed by atoms with van der Waals surface area (Å²) in [5.74, 6) is 0.138. The predicted molar refractivity (Wildman–Crippen MR) is 134 cm³/mol. The van der Waals surface area contributed by atoms with Gasteiger partial charge in [-0.2, -0.15) is 0 Å². The molecule has 0 radical (unpaired) electrons. The third kappa shape index (κ3) is 5.29. The van der Waals surface area contributed by atoms with Crippen molar-refractivity contribution in [3.8, 4) is 5.69 Å². The van der Waals surface area contributed by atoms with E-state index in [0.29, 0.717) is 16.5 Å². The standard InChI is InChI=1S/C26H25N3O3S2/c1-18-9-13-23(14-10-18)34(31,32)17-25-27-28-26(29(25)22-7-5-4-6-8-22)33-16-24(30)21-12-11-19(2)20(3)15-21/h4-15H,16-17H2,1-3H3. The Balaban J connectivity index is 1.63. The highest BCUT2D eigenvalue weighted by atomic mass is 32.2. The summed E-state index contributed by atoms with van der Waals surface area (Å²) < 4.78 is 27.9. The molecule has 0 N–H and O–H groups in total. The van der Waals surface area contributed by atoms with Crippen LogP contribution in [0.25, 0.3) is 5.69 Å². The molecule has 1 aromatic heterocycles. The Morgan fingerprint density at radius 1 is 0.882 bits per heavy atom. The van der Waals surface area contributed by atoms with E-state index in [1.54, 1.807) is 28.8 Å². The van der Waals surface area contributed by atoms with Crippen molar-refractivity contribution in [2.75, 3.05) is 5.75 Å². The second-order valence-corrected chi connectivity index (χ2v) is 11.1. The molecule has 4 aromatic rings. The zero-order valence-corrected chi connectivity index (χ0v) is 20.9. The summed E-state index contributed by atoms with van der Waals surface area (Å²) in [5.41, 5.74) is 4.56. The molecule has 0 amide bonds. The maximum atomic E-state index is 13.1. The van der Waals surface area contributed by atoms with Gasteiger partial charge in [0.1, 0.15) is 5.75 Å². The van der Waals surface area contributed by atoms with E-state index >= 15 is 0 Å². The van der Waals surface area contributed by atoms with Crippen molar-refractivity contribution in [1.29, 1.82) is 0 Å². The minimum absolute atomic E-state index is 0.0236. The Labute approximate surface area is 204 Å². The minimum atomic E-state index is -3.63. The number of aryl methyl sites for hydroxylation is 3. The number of Topliss-reactive ketones (excluding diaryl/α,β-unsaturated/α-hetero) is 1. The molecule has 8 heteroatoms. The molecule has 0 aliphatic rings. The number of thioether (sulfide) groups is 1. The molecule has 6 nitrogen and oxygen atoms in total. The van der Waals surface area contributed by atoms with Crippen LogP contribution in [-0.2, 0) is 15.6 Å². The number of sulfone groups is 1. The first kappa shape index (κ1) is 23.9. The highest BCUT2D eigenvalue weighted by molar-refractivity contribution is 7.99. The predicted octanol–water partition coefficient (Wildman–Crippen LogP) is 5.14. The lowest BCUT2D eigenvalue weighted by Gasteiger charge is -2.11. The Morgan fingerprint density at radius 2 is 1.59 bits per heavy atom. The molecule has 0 saturated heterocycles. The first-order valence-corrected chi connectivity index (χ1v) is 13.4. The van der Waals surface area contributed by atoms with Crippen LogP contribution in [0.4, 0.5) is 0 Å². The van der Waals surface area contributed by atoms with Gasteiger partial charge in [0, 0.05) is 11.3 Å². The van der Waals surface area contributed by atoms with E-state index in [9.17, 15) is 13.2 Å². The van der Waals surface area contributed by atoms with Crippen LogP contribution in [0.2, 0.25) is 0 Å². The Kier molecular flexibility index (Phi) is 7.00. The van der Waals surface area contributed by atoms with Crippen LogP contribution in [0.15, 0.2) is 82.8 Å². The fourth-order valence-corrected chi connectivity index (χ4v) is 5.56. The molecule has 3 aromatic carbocycles. The monoisotopic (exact) mass is 491 g/mol. The maximum Gasteiger partial charge on any atom is 0.196 e. The van der Waals surface area contributed by atoms with Gasteiger partial charge in [0.2, 0.25) is 0 Å². The second-order valence-electron chi connectivity index (χ2n) is 8.15. The van der Waals surface area contributed by atoms with Gasteiger partial charge in [-0.15, -0.1) is 10.2 Å². The van der Waals surface area contributed by atoms with Crippen molar-refractivity contribution in [1.82, 2.24) is 14.8 Å². The summed E-state index contributed by atoms with van der Waals surface area (Å²) in [5, 5.41) is 8.91. The molecule has 174 valence electrons. The fraction of sp³-hybridized carbons (Fsp3) is 0.192. The number of carbonyl (C=O) groups is 1. The number of benzene rings is 3. The first-order chi connectivity index (χ1) is 16.2. The van der Waals surface area contributed by atoms with E-state index in [1.165, 1.54) is 11.8 Å². The van der Waals surface area contributed by atoms with Crippen molar-refractivity contribution in [3.05, 3.63) is 101 Å². The van der Waals surface area contributed by atoms with E-state index < -0.39 is 9.84 Å². The van der Waals surface area contributed by atoms with Crippen LogP contribution in [-0.4, -0.2) is 34.7 Å². The van der Waals surface area contributed by atoms with Gasteiger partial charge in [-0.25, -0.2) is 8.42 Å². The lowest BCUT2D eigenvalue weighted by Crippen LogP contribution is -2.11. The fourth-order valence-electron chi connectivity index (χ4n) is 3.45. The highest BCUT2D eigenvalue weighted by Gasteiger charge is 2.23. The molecule has 0 saturated carbocycles. The SMILES string of the molecule is Cc1ccc(S(=O)(=O)Cc2nnc(SCC(=O)c3ccc(C)c(C)c3)n2-c2ccccc2)cc1. The quantitative estimate of drug-likeness (QED) is 0.251. The van der Waals surface area contributed by atoms with Gasteiger partial charge >= 0.3 is 0 Å². The van der Waals surface area contributed by atoms with Crippen LogP contribution >= 0.6 is 11.8 Å². The minimum Gasteiger partial charge on any atom is -0.293 e. The van der Waals surface area contributed by atoms with E-state index in [0.717, 1.165) is 22.4 Å². The van der Waals surface area contributed by atoms with Gasteiger partial charge < -0.3 is 0 Å². The van der Waals surface area contributed by atoms with Crippen LogP contribution < -0.4 is 0 Å². The number of para-hydroxylation sites is 1. The molecule has 4 rings (SSSR count). The van der Waals surface area contributed by atoms with E-state index in [2.05, 4.69) is 10.2 Å². The van der Waals surface area contributed by atoms with Crippen LogP contribution in [0.3, 0.4) is 0 Å². The Bertz CT molecular complexity index is 1430.